The predicted molar refractivity (Wildman–Crippen MR) is 119 cm³/mol. The highest BCUT2D eigenvalue weighted by Gasteiger charge is 2.34. The van der Waals surface area contributed by atoms with Crippen molar-refractivity contribution < 1.29 is 13.5 Å². The van der Waals surface area contributed by atoms with Gasteiger partial charge in [0.05, 0.1) is 22.5 Å². The number of aromatic nitrogens is 2. The molecule has 1 aliphatic rings. The number of hydrogen-bond acceptors (Lipinski definition) is 7. The van der Waals surface area contributed by atoms with E-state index < -0.39 is 15.1 Å². The second-order valence-corrected chi connectivity index (χ2v) is 8.99. The number of pyridine rings is 2. The average Bonchev–Trinajstić information content (AvgIpc) is 3.00. The maximum absolute atomic E-state index is 13.9. The highest BCUT2D eigenvalue weighted by molar-refractivity contribution is 7.93. The monoisotopic (exact) mass is 428 g/mol. The van der Waals surface area contributed by atoms with Gasteiger partial charge in [0.1, 0.15) is 22.2 Å². The molecule has 152 valence electrons. The minimum Gasteiger partial charge on any atom is -0.506 e. The maximum Gasteiger partial charge on any atom is 0.192 e. The average molecular weight is 428 g/mol. The highest BCUT2D eigenvalue weighted by Crippen LogP contribution is 2.34. The molecule has 7 nitrogen and oxygen atoms in total. The Labute approximate surface area is 178 Å². The second kappa shape index (κ2) is 7.41. The molecule has 2 aromatic heterocycles. The van der Waals surface area contributed by atoms with Gasteiger partial charge in [-0.15, -0.1) is 0 Å². The van der Waals surface area contributed by atoms with E-state index in [0.29, 0.717) is 28.0 Å². The molecule has 1 N–H and O–H groups in total. The van der Waals surface area contributed by atoms with Crippen molar-refractivity contribution in [3.8, 4) is 5.75 Å². The molecule has 0 fully saturated rings. The van der Waals surface area contributed by atoms with E-state index in [1.807, 2.05) is 30.3 Å². The van der Waals surface area contributed by atoms with E-state index >= 15 is 0 Å². The van der Waals surface area contributed by atoms with E-state index in [-0.39, 0.29) is 16.2 Å². The van der Waals surface area contributed by atoms with Crippen molar-refractivity contribution in [2.24, 2.45) is 9.98 Å². The van der Waals surface area contributed by atoms with Crippen LogP contribution in [0.5, 0.6) is 5.75 Å². The fraction of sp³-hybridized carbons (Fsp3) is 0.0435. The molecule has 0 bridgehead atoms. The van der Waals surface area contributed by atoms with E-state index in [2.05, 4.69) is 20.0 Å². The third-order valence-electron chi connectivity index (χ3n) is 5.06. The van der Waals surface area contributed by atoms with Crippen molar-refractivity contribution in [1.29, 1.82) is 0 Å². The first kappa shape index (κ1) is 19.1. The molecule has 1 aliphatic heterocycles. The van der Waals surface area contributed by atoms with Crippen LogP contribution in [0.1, 0.15) is 5.56 Å². The smallest absolute Gasteiger partial charge is 0.192 e. The summed E-state index contributed by atoms with van der Waals surface area (Å²) in [6.45, 7) is 0. The molecule has 31 heavy (non-hydrogen) atoms. The quantitative estimate of drug-likeness (QED) is 0.531. The van der Waals surface area contributed by atoms with E-state index in [1.54, 1.807) is 30.6 Å². The number of phenolic OH excluding ortho intramolecular Hbond substituents is 1. The van der Waals surface area contributed by atoms with Gasteiger partial charge in [0.25, 0.3) is 0 Å². The lowest BCUT2D eigenvalue weighted by molar-refractivity contribution is 0.480. The second-order valence-electron chi connectivity index (χ2n) is 6.95. The summed E-state index contributed by atoms with van der Waals surface area (Å²) in [5.74, 6) is -0.0838. The normalized spacial score (nSPS) is 15.9. The Morgan fingerprint density at radius 1 is 0.871 bits per heavy atom. The summed E-state index contributed by atoms with van der Waals surface area (Å²) in [6, 6.07) is 16.8. The Morgan fingerprint density at radius 3 is 2.55 bits per heavy atom. The van der Waals surface area contributed by atoms with Crippen LogP contribution in [0.3, 0.4) is 0 Å². The molecule has 0 saturated carbocycles. The molecule has 0 saturated heterocycles. The van der Waals surface area contributed by atoms with Crippen molar-refractivity contribution in [2.75, 3.05) is 0 Å². The molecule has 1 atom stereocenters. The SMILES string of the molecule is O=S(=O)(c1ccc(O)c2ncccc12)C1C=Nc2cnccc2N=C1c1ccccc1. The molecular formula is C23H16N4O3S. The number of fused-ring (bicyclic) bond motifs is 2. The van der Waals surface area contributed by atoms with Crippen molar-refractivity contribution >= 4 is 44.0 Å². The van der Waals surface area contributed by atoms with Crippen LogP contribution in [0, 0.1) is 0 Å². The number of benzene rings is 2. The lowest BCUT2D eigenvalue weighted by Gasteiger charge is -2.17. The standard InChI is InChI=1S/C23H16N4O3S/c28-19-8-9-20(16-7-4-11-25-23(16)19)31(29,30)21-14-26-18-13-24-12-10-17(18)27-22(21)15-5-2-1-3-6-15/h1-14,21,28H. The van der Waals surface area contributed by atoms with Gasteiger partial charge in [0.15, 0.2) is 9.84 Å². The van der Waals surface area contributed by atoms with E-state index in [1.165, 1.54) is 24.5 Å². The Balaban J connectivity index is 1.76. The molecule has 2 aromatic carbocycles. The largest absolute Gasteiger partial charge is 0.506 e. The van der Waals surface area contributed by atoms with Crippen LogP contribution in [-0.2, 0) is 9.84 Å². The van der Waals surface area contributed by atoms with E-state index in [0.717, 1.165) is 0 Å². The number of aliphatic imine (C=N–C) groups is 2. The topological polar surface area (TPSA) is 105 Å². The molecule has 5 rings (SSSR count). The van der Waals surface area contributed by atoms with Crippen molar-refractivity contribution in [3.63, 3.8) is 0 Å². The number of nitrogens with zero attached hydrogens (tertiary/aromatic N) is 4. The molecule has 4 aromatic rings. The molecule has 8 heteroatoms. The minimum atomic E-state index is -4.00. The number of rotatable bonds is 3. The lowest BCUT2D eigenvalue weighted by Crippen LogP contribution is -2.32. The van der Waals surface area contributed by atoms with Gasteiger partial charge in [0, 0.05) is 24.0 Å². The Morgan fingerprint density at radius 2 is 1.71 bits per heavy atom. The number of hydrogen-bond donors (Lipinski definition) is 1. The molecule has 1 unspecified atom stereocenters. The van der Waals surface area contributed by atoms with Crippen LogP contribution in [0.4, 0.5) is 11.4 Å². The zero-order valence-corrected chi connectivity index (χ0v) is 16.9. The van der Waals surface area contributed by atoms with Crippen LogP contribution >= 0.6 is 0 Å². The van der Waals surface area contributed by atoms with Gasteiger partial charge in [-0.2, -0.15) is 0 Å². The zero-order valence-electron chi connectivity index (χ0n) is 16.1. The van der Waals surface area contributed by atoms with Crippen LogP contribution in [0.15, 0.2) is 94.1 Å². The number of sulfone groups is 1. The molecule has 3 heterocycles. The molecular weight excluding hydrogens is 412 g/mol. The van der Waals surface area contributed by atoms with Crippen molar-refractivity contribution in [2.45, 2.75) is 10.1 Å². The molecule has 0 radical (unpaired) electrons. The summed E-state index contributed by atoms with van der Waals surface area (Å²) in [5.41, 5.74) is 2.29. The van der Waals surface area contributed by atoms with E-state index in [9.17, 15) is 13.5 Å². The van der Waals surface area contributed by atoms with Gasteiger partial charge in [-0.1, -0.05) is 30.3 Å². The van der Waals surface area contributed by atoms with Gasteiger partial charge in [-0.25, -0.2) is 13.4 Å². The number of phenols is 1. The van der Waals surface area contributed by atoms with Crippen LogP contribution < -0.4 is 0 Å². The molecule has 0 spiro atoms. The number of aromatic hydroxyl groups is 1. The molecule has 0 aliphatic carbocycles. The summed E-state index contributed by atoms with van der Waals surface area (Å²) in [5, 5.41) is 9.35. The van der Waals surface area contributed by atoms with Crippen molar-refractivity contribution in [3.05, 3.63) is 84.8 Å². The van der Waals surface area contributed by atoms with Gasteiger partial charge >= 0.3 is 0 Å². The summed E-state index contributed by atoms with van der Waals surface area (Å²) >= 11 is 0. The van der Waals surface area contributed by atoms with Crippen LogP contribution in [0.2, 0.25) is 0 Å². The highest BCUT2D eigenvalue weighted by atomic mass is 32.2. The first-order chi connectivity index (χ1) is 15.1. The van der Waals surface area contributed by atoms with Gasteiger partial charge in [-0.3, -0.25) is 15.0 Å². The summed E-state index contributed by atoms with van der Waals surface area (Å²) < 4.78 is 27.8. The predicted octanol–water partition coefficient (Wildman–Crippen LogP) is 4.01. The summed E-state index contributed by atoms with van der Waals surface area (Å²) in [6.07, 6.45) is 6.04. The molecule has 0 amide bonds. The first-order valence-electron chi connectivity index (χ1n) is 9.48. The third kappa shape index (κ3) is 3.27. The van der Waals surface area contributed by atoms with Gasteiger partial charge < -0.3 is 5.11 Å². The van der Waals surface area contributed by atoms with E-state index in [4.69, 9.17) is 0 Å². The van der Waals surface area contributed by atoms with Gasteiger partial charge in [-0.05, 0) is 35.9 Å². The summed E-state index contributed by atoms with van der Waals surface area (Å²) in [7, 11) is -4.00. The Bertz CT molecular complexity index is 1460. The Hall–Kier alpha value is -3.91. The Kier molecular flexibility index (Phi) is 4.56. The fourth-order valence-electron chi connectivity index (χ4n) is 3.57. The van der Waals surface area contributed by atoms with Gasteiger partial charge in [0.2, 0.25) is 0 Å². The lowest BCUT2D eigenvalue weighted by atomic mass is 10.1. The summed E-state index contributed by atoms with van der Waals surface area (Å²) in [4.78, 5) is 17.3. The zero-order chi connectivity index (χ0) is 21.4. The minimum absolute atomic E-state index is 0.0533. The van der Waals surface area contributed by atoms with Crippen LogP contribution in [-0.4, -0.2) is 40.7 Å². The van der Waals surface area contributed by atoms with Crippen molar-refractivity contribution in [1.82, 2.24) is 9.97 Å². The first-order valence-corrected chi connectivity index (χ1v) is 11.0. The fourth-order valence-corrected chi connectivity index (χ4v) is 5.27. The third-order valence-corrected chi connectivity index (χ3v) is 7.04. The maximum atomic E-state index is 13.9. The van der Waals surface area contributed by atoms with Crippen LogP contribution in [0.25, 0.3) is 10.9 Å².